The van der Waals surface area contributed by atoms with Gasteiger partial charge < -0.3 is 10.1 Å². The Balaban J connectivity index is 1.92. The molecule has 1 N–H and O–H groups in total. The number of hydrogen-bond acceptors (Lipinski definition) is 5. The normalized spacial score (nSPS) is 10.5. The molecule has 0 spiro atoms. The molecule has 3 aromatic rings. The zero-order valence-electron chi connectivity index (χ0n) is 15.2. The van der Waals surface area contributed by atoms with E-state index in [2.05, 4.69) is 10.3 Å². The highest BCUT2D eigenvalue weighted by Gasteiger charge is 2.18. The quantitative estimate of drug-likeness (QED) is 0.535. The summed E-state index contributed by atoms with van der Waals surface area (Å²) in [7, 11) is 1.33. The summed E-state index contributed by atoms with van der Waals surface area (Å²) >= 11 is 1.47. The zero-order valence-corrected chi connectivity index (χ0v) is 16.0. The van der Waals surface area contributed by atoms with Crippen molar-refractivity contribution in [2.24, 2.45) is 0 Å². The van der Waals surface area contributed by atoms with E-state index in [4.69, 9.17) is 4.74 Å². The van der Waals surface area contributed by atoms with Crippen LogP contribution < -0.4 is 5.32 Å². The van der Waals surface area contributed by atoms with Crippen molar-refractivity contribution < 1.29 is 14.3 Å². The molecule has 0 aliphatic heterocycles. The van der Waals surface area contributed by atoms with Gasteiger partial charge >= 0.3 is 5.97 Å². The summed E-state index contributed by atoms with van der Waals surface area (Å²) in [4.78, 5) is 28.9. The van der Waals surface area contributed by atoms with Gasteiger partial charge in [0.15, 0.2) is 5.16 Å². The van der Waals surface area contributed by atoms with Crippen molar-refractivity contribution in [1.82, 2.24) is 9.55 Å². The van der Waals surface area contributed by atoms with E-state index < -0.39 is 5.97 Å². The first kappa shape index (κ1) is 18.7. The highest BCUT2D eigenvalue weighted by Crippen LogP contribution is 2.23. The van der Waals surface area contributed by atoms with Crippen LogP contribution in [0, 0.1) is 6.92 Å². The number of hydrogen-bond donors (Lipinski definition) is 1. The molecule has 0 aliphatic rings. The van der Waals surface area contributed by atoms with Crippen LogP contribution in [-0.2, 0) is 4.74 Å². The van der Waals surface area contributed by atoms with Crippen LogP contribution in [0.15, 0.2) is 59.9 Å². The highest BCUT2D eigenvalue weighted by molar-refractivity contribution is 7.98. The average Bonchev–Trinajstić information content (AvgIpc) is 3.13. The van der Waals surface area contributed by atoms with Gasteiger partial charge in [-0.2, -0.15) is 0 Å². The van der Waals surface area contributed by atoms with Gasteiger partial charge in [0.1, 0.15) is 5.69 Å². The van der Waals surface area contributed by atoms with Gasteiger partial charge in [-0.25, -0.2) is 9.78 Å². The first-order chi connectivity index (χ1) is 13.0. The minimum Gasteiger partial charge on any atom is -0.465 e. The second-order valence-corrected chi connectivity index (χ2v) is 6.55. The third-order valence-corrected chi connectivity index (χ3v) is 4.71. The fraction of sp³-hybridized carbons (Fsp3) is 0.150. The summed E-state index contributed by atoms with van der Waals surface area (Å²) in [6.45, 7) is 1.82. The number of esters is 1. The first-order valence-corrected chi connectivity index (χ1v) is 9.45. The number of anilines is 1. The molecule has 2 aromatic carbocycles. The molecular weight excluding hydrogens is 362 g/mol. The number of imidazole rings is 1. The smallest absolute Gasteiger partial charge is 0.337 e. The number of carbonyl (C=O) groups is 2. The third kappa shape index (κ3) is 3.88. The average molecular weight is 381 g/mol. The van der Waals surface area contributed by atoms with Crippen molar-refractivity contribution in [3.05, 3.63) is 71.5 Å². The molecule has 0 bridgehead atoms. The lowest BCUT2D eigenvalue weighted by Gasteiger charge is -2.13. The van der Waals surface area contributed by atoms with Gasteiger partial charge in [0.05, 0.1) is 18.9 Å². The van der Waals surface area contributed by atoms with Gasteiger partial charge in [-0.15, -0.1) is 0 Å². The second kappa shape index (κ2) is 8.09. The summed E-state index contributed by atoms with van der Waals surface area (Å²) in [6, 6.07) is 14.6. The molecule has 0 unspecified atom stereocenters. The summed E-state index contributed by atoms with van der Waals surface area (Å²) in [5, 5.41) is 3.62. The molecule has 1 amide bonds. The standard InChI is InChI=1S/C20H19N3O3S/c1-13-11-14(19(25)26-2)9-10-16(13)22-18(24)17-12-21-20(27-3)23(17)15-7-5-4-6-8-15/h4-12H,1-3H3,(H,22,24). The van der Waals surface area contributed by atoms with Crippen molar-refractivity contribution in [2.75, 3.05) is 18.7 Å². The van der Waals surface area contributed by atoms with Crippen molar-refractivity contribution in [1.29, 1.82) is 0 Å². The minimum absolute atomic E-state index is 0.277. The molecular formula is C20H19N3O3S. The summed E-state index contributed by atoms with van der Waals surface area (Å²) < 4.78 is 6.54. The number of aromatic nitrogens is 2. The number of methoxy groups -OCH3 is 1. The Hall–Kier alpha value is -3.06. The third-order valence-electron chi connectivity index (χ3n) is 4.05. The van der Waals surface area contributed by atoms with E-state index in [0.29, 0.717) is 16.9 Å². The number of para-hydroxylation sites is 1. The van der Waals surface area contributed by atoms with E-state index in [1.807, 2.05) is 48.1 Å². The number of thioether (sulfide) groups is 1. The van der Waals surface area contributed by atoms with E-state index >= 15 is 0 Å². The molecule has 0 radical (unpaired) electrons. The number of ether oxygens (including phenoxy) is 1. The van der Waals surface area contributed by atoms with Gasteiger partial charge in [0.2, 0.25) is 0 Å². The van der Waals surface area contributed by atoms with E-state index in [0.717, 1.165) is 16.4 Å². The van der Waals surface area contributed by atoms with E-state index in [9.17, 15) is 9.59 Å². The van der Waals surface area contributed by atoms with E-state index in [-0.39, 0.29) is 5.91 Å². The number of carbonyl (C=O) groups excluding carboxylic acids is 2. The van der Waals surface area contributed by atoms with Crippen LogP contribution in [0.1, 0.15) is 26.4 Å². The molecule has 7 heteroatoms. The zero-order chi connectivity index (χ0) is 19.4. The van der Waals surface area contributed by atoms with Crippen molar-refractivity contribution in [2.45, 2.75) is 12.1 Å². The molecule has 1 heterocycles. The number of amides is 1. The van der Waals surface area contributed by atoms with Crippen LogP contribution in [0.2, 0.25) is 0 Å². The maximum Gasteiger partial charge on any atom is 0.337 e. The Morgan fingerprint density at radius 2 is 1.89 bits per heavy atom. The van der Waals surface area contributed by atoms with Crippen LogP contribution >= 0.6 is 11.8 Å². The number of benzene rings is 2. The number of nitrogens with zero attached hydrogens (tertiary/aromatic N) is 2. The molecule has 138 valence electrons. The fourth-order valence-corrected chi connectivity index (χ4v) is 3.25. The molecule has 0 fully saturated rings. The molecule has 0 atom stereocenters. The number of nitrogens with one attached hydrogen (secondary N) is 1. The Kier molecular flexibility index (Phi) is 5.61. The largest absolute Gasteiger partial charge is 0.465 e. The maximum atomic E-state index is 12.9. The maximum absolute atomic E-state index is 12.9. The Morgan fingerprint density at radius 3 is 2.52 bits per heavy atom. The monoisotopic (exact) mass is 381 g/mol. The predicted molar refractivity (Wildman–Crippen MR) is 106 cm³/mol. The van der Waals surface area contributed by atoms with Crippen molar-refractivity contribution >= 4 is 29.3 Å². The molecule has 0 saturated heterocycles. The van der Waals surface area contributed by atoms with Gasteiger partial charge in [0, 0.05) is 11.4 Å². The summed E-state index contributed by atoms with van der Waals surface area (Å²) in [6.07, 6.45) is 3.48. The van der Waals surface area contributed by atoms with Crippen LogP contribution in [-0.4, -0.2) is 34.8 Å². The molecule has 1 aromatic heterocycles. The Morgan fingerprint density at radius 1 is 1.15 bits per heavy atom. The van der Waals surface area contributed by atoms with Gasteiger partial charge in [-0.3, -0.25) is 9.36 Å². The Bertz CT molecular complexity index is 983. The fourth-order valence-electron chi connectivity index (χ4n) is 2.70. The number of aryl methyl sites for hydroxylation is 1. The SMILES string of the molecule is COC(=O)c1ccc(NC(=O)c2cnc(SC)n2-c2ccccc2)c(C)c1. The van der Waals surface area contributed by atoms with Crippen LogP contribution in [0.25, 0.3) is 5.69 Å². The minimum atomic E-state index is -0.414. The van der Waals surface area contributed by atoms with Crippen LogP contribution in [0.4, 0.5) is 5.69 Å². The van der Waals surface area contributed by atoms with E-state index in [1.165, 1.54) is 18.9 Å². The van der Waals surface area contributed by atoms with Gasteiger partial charge in [-0.05, 0) is 49.1 Å². The lowest BCUT2D eigenvalue weighted by Crippen LogP contribution is -2.17. The topological polar surface area (TPSA) is 73.2 Å². The molecule has 0 saturated carbocycles. The predicted octanol–water partition coefficient (Wildman–Crippen LogP) is 3.94. The molecule has 6 nitrogen and oxygen atoms in total. The lowest BCUT2D eigenvalue weighted by atomic mass is 10.1. The highest BCUT2D eigenvalue weighted by atomic mass is 32.2. The van der Waals surface area contributed by atoms with Gasteiger partial charge in [0.25, 0.3) is 5.91 Å². The summed E-state index contributed by atoms with van der Waals surface area (Å²) in [5.74, 6) is -0.691. The van der Waals surface area contributed by atoms with E-state index in [1.54, 1.807) is 24.4 Å². The van der Waals surface area contributed by atoms with Crippen LogP contribution in [0.3, 0.4) is 0 Å². The Labute approximate surface area is 161 Å². The number of rotatable bonds is 5. The molecule has 3 rings (SSSR count). The van der Waals surface area contributed by atoms with Crippen molar-refractivity contribution in [3.8, 4) is 5.69 Å². The second-order valence-electron chi connectivity index (χ2n) is 5.78. The lowest BCUT2D eigenvalue weighted by molar-refractivity contribution is 0.0600. The molecule has 27 heavy (non-hydrogen) atoms. The molecule has 0 aliphatic carbocycles. The summed E-state index contributed by atoms with van der Waals surface area (Å²) in [5.41, 5.74) is 3.12. The van der Waals surface area contributed by atoms with Crippen molar-refractivity contribution in [3.63, 3.8) is 0 Å². The van der Waals surface area contributed by atoms with Gasteiger partial charge in [-0.1, -0.05) is 30.0 Å². The van der Waals surface area contributed by atoms with Crippen LogP contribution in [0.5, 0.6) is 0 Å². The first-order valence-electron chi connectivity index (χ1n) is 8.22.